The smallest absolute Gasteiger partial charge is 0.228 e. The summed E-state index contributed by atoms with van der Waals surface area (Å²) in [6.45, 7) is 4.15. The second kappa shape index (κ2) is 5.76. The van der Waals surface area contributed by atoms with Crippen LogP contribution < -0.4 is 10.6 Å². The number of amides is 1. The number of aromatic nitrogens is 1. The Kier molecular flexibility index (Phi) is 3.84. The van der Waals surface area contributed by atoms with E-state index in [1.54, 1.807) is 12.3 Å². The number of nitrogens with two attached hydrogens (primary N) is 1. The zero-order valence-corrected chi connectivity index (χ0v) is 11.5. The fourth-order valence-electron chi connectivity index (χ4n) is 2.90. The van der Waals surface area contributed by atoms with Gasteiger partial charge in [0, 0.05) is 32.1 Å². The monoisotopic (exact) mass is 276 g/mol. The van der Waals surface area contributed by atoms with Crippen molar-refractivity contribution < 1.29 is 9.53 Å². The van der Waals surface area contributed by atoms with Gasteiger partial charge < -0.3 is 15.4 Å². The Hall–Kier alpha value is -1.66. The highest BCUT2D eigenvalue weighted by Crippen LogP contribution is 2.24. The maximum Gasteiger partial charge on any atom is 0.228 e. The van der Waals surface area contributed by atoms with Crippen molar-refractivity contribution in [2.75, 3.05) is 43.5 Å². The molecule has 0 spiro atoms. The fraction of sp³-hybridized carbons (Fsp3) is 0.571. The lowest BCUT2D eigenvalue weighted by Gasteiger charge is -2.39. The highest BCUT2D eigenvalue weighted by molar-refractivity contribution is 5.94. The summed E-state index contributed by atoms with van der Waals surface area (Å²) in [4.78, 5) is 20.6. The summed E-state index contributed by atoms with van der Waals surface area (Å²) in [5.74, 6) is 0.642. The van der Waals surface area contributed by atoms with E-state index in [1.807, 2.05) is 11.0 Å². The second-order valence-electron chi connectivity index (χ2n) is 5.28. The first-order valence-electron chi connectivity index (χ1n) is 7.08. The Bertz CT molecular complexity index is 471. The van der Waals surface area contributed by atoms with Crippen LogP contribution in [0.5, 0.6) is 0 Å². The summed E-state index contributed by atoms with van der Waals surface area (Å²) in [5.41, 5.74) is 6.41. The van der Waals surface area contributed by atoms with Crippen molar-refractivity contribution in [3.8, 4) is 0 Å². The minimum absolute atomic E-state index is 0.166. The van der Waals surface area contributed by atoms with Crippen molar-refractivity contribution in [2.45, 2.75) is 18.9 Å². The van der Waals surface area contributed by atoms with E-state index in [2.05, 4.69) is 9.88 Å². The SMILES string of the molecule is Nc1ccc(N2CCC(N3CCOCC3)CC2=O)cn1. The molecule has 1 amide bonds. The van der Waals surface area contributed by atoms with Crippen LogP contribution in [0.2, 0.25) is 0 Å². The molecular weight excluding hydrogens is 256 g/mol. The quantitative estimate of drug-likeness (QED) is 0.851. The number of carbonyl (C=O) groups is 1. The molecule has 2 aliphatic rings. The molecule has 0 aliphatic carbocycles. The molecule has 0 bridgehead atoms. The van der Waals surface area contributed by atoms with Crippen LogP contribution in [-0.4, -0.2) is 54.7 Å². The Morgan fingerprint density at radius 3 is 2.70 bits per heavy atom. The maximum absolute atomic E-state index is 12.3. The highest BCUT2D eigenvalue weighted by Gasteiger charge is 2.31. The average molecular weight is 276 g/mol. The van der Waals surface area contributed by atoms with Gasteiger partial charge >= 0.3 is 0 Å². The van der Waals surface area contributed by atoms with Crippen LogP contribution >= 0.6 is 0 Å². The number of carbonyl (C=O) groups excluding carboxylic acids is 1. The minimum atomic E-state index is 0.166. The third kappa shape index (κ3) is 2.76. The molecule has 6 heteroatoms. The third-order valence-corrected chi connectivity index (χ3v) is 4.04. The van der Waals surface area contributed by atoms with Gasteiger partial charge in [-0.1, -0.05) is 0 Å². The first-order valence-corrected chi connectivity index (χ1v) is 7.08. The Labute approximate surface area is 118 Å². The maximum atomic E-state index is 12.3. The van der Waals surface area contributed by atoms with E-state index in [1.165, 1.54) is 0 Å². The molecule has 0 aromatic carbocycles. The number of hydrogen-bond acceptors (Lipinski definition) is 5. The van der Waals surface area contributed by atoms with Crippen molar-refractivity contribution in [3.05, 3.63) is 18.3 Å². The van der Waals surface area contributed by atoms with E-state index in [0.717, 1.165) is 45.0 Å². The molecule has 3 heterocycles. The first kappa shape index (κ1) is 13.3. The number of ether oxygens (including phenoxy) is 1. The number of hydrogen-bond donors (Lipinski definition) is 1. The summed E-state index contributed by atoms with van der Waals surface area (Å²) in [7, 11) is 0. The normalized spacial score (nSPS) is 24.9. The number of nitrogens with zero attached hydrogens (tertiary/aromatic N) is 3. The molecule has 6 nitrogen and oxygen atoms in total. The van der Waals surface area contributed by atoms with E-state index in [-0.39, 0.29) is 5.91 Å². The van der Waals surface area contributed by atoms with Crippen LogP contribution in [0.1, 0.15) is 12.8 Å². The highest BCUT2D eigenvalue weighted by atomic mass is 16.5. The van der Waals surface area contributed by atoms with Gasteiger partial charge in [-0.3, -0.25) is 9.69 Å². The number of pyridine rings is 1. The van der Waals surface area contributed by atoms with Crippen LogP contribution in [0.3, 0.4) is 0 Å². The number of piperidine rings is 1. The third-order valence-electron chi connectivity index (χ3n) is 4.04. The van der Waals surface area contributed by atoms with Gasteiger partial charge in [-0.05, 0) is 18.6 Å². The van der Waals surface area contributed by atoms with E-state index < -0.39 is 0 Å². The molecule has 1 unspecified atom stereocenters. The second-order valence-corrected chi connectivity index (χ2v) is 5.28. The summed E-state index contributed by atoms with van der Waals surface area (Å²) in [5, 5.41) is 0. The standard InChI is InChI=1S/C14H20N4O2/c15-13-2-1-12(10-16-13)18-4-3-11(9-14(18)19)17-5-7-20-8-6-17/h1-2,10-11H,3-9H2,(H2,15,16). The molecule has 2 aliphatic heterocycles. The van der Waals surface area contributed by atoms with Crippen LogP contribution in [0.25, 0.3) is 0 Å². The lowest BCUT2D eigenvalue weighted by molar-refractivity contribution is -0.121. The van der Waals surface area contributed by atoms with Gasteiger partial charge in [-0.2, -0.15) is 0 Å². The summed E-state index contributed by atoms with van der Waals surface area (Å²) >= 11 is 0. The summed E-state index contributed by atoms with van der Waals surface area (Å²) in [6, 6.07) is 3.94. The molecule has 20 heavy (non-hydrogen) atoms. The van der Waals surface area contributed by atoms with Crippen LogP contribution in [-0.2, 0) is 9.53 Å². The van der Waals surface area contributed by atoms with Crippen LogP contribution in [0, 0.1) is 0 Å². The van der Waals surface area contributed by atoms with Gasteiger partial charge in [-0.15, -0.1) is 0 Å². The van der Waals surface area contributed by atoms with Crippen molar-refractivity contribution in [1.29, 1.82) is 0 Å². The lowest BCUT2D eigenvalue weighted by atomic mass is 10.0. The molecular formula is C14H20N4O2. The molecule has 0 saturated carbocycles. The van der Waals surface area contributed by atoms with E-state index >= 15 is 0 Å². The van der Waals surface area contributed by atoms with Crippen molar-refractivity contribution in [2.24, 2.45) is 0 Å². The number of rotatable bonds is 2. The largest absolute Gasteiger partial charge is 0.384 e. The van der Waals surface area contributed by atoms with Crippen molar-refractivity contribution in [3.63, 3.8) is 0 Å². The van der Waals surface area contributed by atoms with E-state index in [4.69, 9.17) is 10.5 Å². The molecule has 1 atom stereocenters. The number of morpholine rings is 1. The fourth-order valence-corrected chi connectivity index (χ4v) is 2.90. The Morgan fingerprint density at radius 1 is 1.25 bits per heavy atom. The minimum Gasteiger partial charge on any atom is -0.384 e. The predicted octanol–water partition coefficient (Wildman–Crippen LogP) is 0.491. The predicted molar refractivity (Wildman–Crippen MR) is 76.4 cm³/mol. The van der Waals surface area contributed by atoms with E-state index in [9.17, 15) is 4.79 Å². The van der Waals surface area contributed by atoms with Gasteiger partial charge in [0.2, 0.25) is 5.91 Å². The average Bonchev–Trinajstić information content (AvgIpc) is 2.49. The molecule has 108 valence electrons. The molecule has 2 fully saturated rings. The zero-order valence-electron chi connectivity index (χ0n) is 11.5. The van der Waals surface area contributed by atoms with E-state index in [0.29, 0.717) is 18.3 Å². The van der Waals surface area contributed by atoms with Crippen molar-refractivity contribution in [1.82, 2.24) is 9.88 Å². The molecule has 1 aromatic rings. The van der Waals surface area contributed by atoms with Crippen LogP contribution in [0.15, 0.2) is 18.3 Å². The van der Waals surface area contributed by atoms with Gasteiger partial charge in [0.05, 0.1) is 25.1 Å². The van der Waals surface area contributed by atoms with Crippen molar-refractivity contribution >= 4 is 17.4 Å². The topological polar surface area (TPSA) is 71.7 Å². The number of nitrogen functional groups attached to an aromatic ring is 1. The van der Waals surface area contributed by atoms with Gasteiger partial charge in [0.15, 0.2) is 0 Å². The molecule has 2 N–H and O–H groups in total. The van der Waals surface area contributed by atoms with Crippen LogP contribution in [0.4, 0.5) is 11.5 Å². The molecule has 3 rings (SSSR count). The first-order chi connectivity index (χ1) is 9.74. The molecule has 0 radical (unpaired) electrons. The summed E-state index contributed by atoms with van der Waals surface area (Å²) < 4.78 is 5.36. The lowest BCUT2D eigenvalue weighted by Crippen LogP contribution is -2.51. The number of anilines is 2. The van der Waals surface area contributed by atoms with Gasteiger partial charge in [-0.25, -0.2) is 4.98 Å². The zero-order chi connectivity index (χ0) is 13.9. The Balaban J connectivity index is 1.64. The van der Waals surface area contributed by atoms with Gasteiger partial charge in [0.25, 0.3) is 0 Å². The summed E-state index contributed by atoms with van der Waals surface area (Å²) in [6.07, 6.45) is 3.24. The molecule has 1 aromatic heterocycles. The van der Waals surface area contributed by atoms with Gasteiger partial charge in [0.1, 0.15) is 5.82 Å². The molecule has 2 saturated heterocycles. The Morgan fingerprint density at radius 2 is 2.05 bits per heavy atom.